The van der Waals surface area contributed by atoms with Gasteiger partial charge in [0.05, 0.1) is 13.5 Å². The van der Waals surface area contributed by atoms with Crippen LogP contribution in [0.25, 0.3) is 0 Å². The van der Waals surface area contributed by atoms with E-state index in [0.29, 0.717) is 12.1 Å². The number of rotatable bonds is 3. The van der Waals surface area contributed by atoms with Gasteiger partial charge < -0.3 is 9.64 Å². The highest BCUT2D eigenvalue weighted by Gasteiger charge is 2.29. The molecule has 1 amide bonds. The van der Waals surface area contributed by atoms with Crippen molar-refractivity contribution in [3.8, 4) is 0 Å². The number of esters is 1. The van der Waals surface area contributed by atoms with Crippen LogP contribution in [0.5, 0.6) is 0 Å². The number of benzene rings is 1. The van der Waals surface area contributed by atoms with Crippen molar-refractivity contribution in [1.29, 1.82) is 0 Å². The van der Waals surface area contributed by atoms with Crippen molar-refractivity contribution in [2.45, 2.75) is 38.6 Å². The highest BCUT2D eigenvalue weighted by Crippen LogP contribution is 2.22. The summed E-state index contributed by atoms with van der Waals surface area (Å²) in [6.07, 6.45) is 3.20. The Bertz CT molecular complexity index is 481. The Labute approximate surface area is 119 Å². The molecule has 1 saturated heterocycles. The first-order chi connectivity index (χ1) is 9.61. The molecular formula is C16H21NO3. The summed E-state index contributed by atoms with van der Waals surface area (Å²) in [5.74, 6) is -0.239. The van der Waals surface area contributed by atoms with E-state index < -0.39 is 0 Å². The quantitative estimate of drug-likeness (QED) is 0.796. The number of hydrogen-bond donors (Lipinski definition) is 0. The van der Waals surface area contributed by atoms with Crippen molar-refractivity contribution in [3.05, 3.63) is 35.4 Å². The van der Waals surface area contributed by atoms with Gasteiger partial charge in [-0.25, -0.2) is 0 Å². The molecule has 108 valence electrons. The lowest BCUT2D eigenvalue weighted by atomic mass is 9.98. The maximum atomic E-state index is 12.6. The number of amides is 1. The molecule has 1 fully saturated rings. The third-order valence-electron chi connectivity index (χ3n) is 3.82. The number of nitrogens with zero attached hydrogens (tertiary/aromatic N) is 1. The summed E-state index contributed by atoms with van der Waals surface area (Å²) in [4.78, 5) is 25.9. The number of carbonyl (C=O) groups is 2. The summed E-state index contributed by atoms with van der Waals surface area (Å²) in [6, 6.07) is 7.53. The maximum absolute atomic E-state index is 12.6. The summed E-state index contributed by atoms with van der Waals surface area (Å²) in [5.41, 5.74) is 1.82. The first-order valence-electron chi connectivity index (χ1n) is 7.06. The third-order valence-corrected chi connectivity index (χ3v) is 3.82. The number of methoxy groups -OCH3 is 1. The molecular weight excluding hydrogens is 254 g/mol. The average molecular weight is 275 g/mol. The van der Waals surface area contributed by atoms with E-state index in [1.165, 1.54) is 7.11 Å². The van der Waals surface area contributed by atoms with Crippen molar-refractivity contribution >= 4 is 11.9 Å². The first-order valence-corrected chi connectivity index (χ1v) is 7.06. The van der Waals surface area contributed by atoms with Crippen LogP contribution >= 0.6 is 0 Å². The number of likely N-dealkylation sites (tertiary alicyclic amines) is 1. The topological polar surface area (TPSA) is 46.6 Å². The van der Waals surface area contributed by atoms with Crippen LogP contribution in [0.2, 0.25) is 0 Å². The van der Waals surface area contributed by atoms with Gasteiger partial charge in [0.1, 0.15) is 0 Å². The Balaban J connectivity index is 2.12. The van der Waals surface area contributed by atoms with Gasteiger partial charge in [0.2, 0.25) is 0 Å². The van der Waals surface area contributed by atoms with Gasteiger partial charge in [-0.1, -0.05) is 17.7 Å². The Kier molecular flexibility index (Phi) is 4.77. The number of aryl methyl sites for hydroxylation is 1. The molecule has 1 aliphatic heterocycles. The molecule has 0 spiro atoms. The molecule has 1 aliphatic rings. The monoisotopic (exact) mass is 275 g/mol. The molecule has 1 aromatic rings. The molecule has 1 heterocycles. The summed E-state index contributed by atoms with van der Waals surface area (Å²) in [5, 5.41) is 0. The van der Waals surface area contributed by atoms with Gasteiger partial charge in [-0.15, -0.1) is 0 Å². The van der Waals surface area contributed by atoms with Gasteiger partial charge in [-0.3, -0.25) is 9.59 Å². The molecule has 0 bridgehead atoms. The van der Waals surface area contributed by atoms with E-state index in [4.69, 9.17) is 4.74 Å². The predicted molar refractivity (Wildman–Crippen MR) is 76.5 cm³/mol. The highest BCUT2D eigenvalue weighted by atomic mass is 16.5. The van der Waals surface area contributed by atoms with Crippen molar-refractivity contribution in [2.24, 2.45) is 0 Å². The van der Waals surface area contributed by atoms with Gasteiger partial charge in [0.25, 0.3) is 5.91 Å². The molecule has 0 N–H and O–H groups in total. The summed E-state index contributed by atoms with van der Waals surface area (Å²) >= 11 is 0. The summed E-state index contributed by atoms with van der Waals surface area (Å²) < 4.78 is 4.73. The van der Waals surface area contributed by atoms with Crippen LogP contribution in [0.1, 0.15) is 41.6 Å². The zero-order valence-electron chi connectivity index (χ0n) is 12.1. The Hall–Kier alpha value is -1.84. The molecule has 2 rings (SSSR count). The number of piperidine rings is 1. The standard InChI is InChI=1S/C16H21NO3/c1-12-6-8-13(9-7-12)16(19)17-10-4-3-5-14(17)11-15(18)20-2/h6-9,14H,3-5,10-11H2,1-2H3. The minimum Gasteiger partial charge on any atom is -0.469 e. The normalized spacial score (nSPS) is 18.7. The average Bonchev–Trinajstić information content (AvgIpc) is 2.48. The predicted octanol–water partition coefficient (Wildman–Crippen LogP) is 2.55. The second-order valence-corrected chi connectivity index (χ2v) is 5.29. The van der Waals surface area contributed by atoms with Gasteiger partial charge >= 0.3 is 5.97 Å². The number of carbonyl (C=O) groups excluding carboxylic acids is 2. The molecule has 4 heteroatoms. The molecule has 0 aliphatic carbocycles. The van der Waals surface area contributed by atoms with E-state index in [1.807, 2.05) is 36.1 Å². The summed E-state index contributed by atoms with van der Waals surface area (Å²) in [6.45, 7) is 2.71. The Morgan fingerprint density at radius 2 is 1.95 bits per heavy atom. The van der Waals surface area contributed by atoms with Crippen LogP contribution in [-0.2, 0) is 9.53 Å². The lowest BCUT2D eigenvalue weighted by Crippen LogP contribution is -2.44. The van der Waals surface area contributed by atoms with Crippen molar-refractivity contribution < 1.29 is 14.3 Å². The van der Waals surface area contributed by atoms with Gasteiger partial charge in [-0.05, 0) is 38.3 Å². The van der Waals surface area contributed by atoms with E-state index in [0.717, 1.165) is 24.8 Å². The van der Waals surface area contributed by atoms with E-state index in [-0.39, 0.29) is 24.3 Å². The Morgan fingerprint density at radius 3 is 2.60 bits per heavy atom. The van der Waals surface area contributed by atoms with Crippen LogP contribution in [0, 0.1) is 6.92 Å². The van der Waals surface area contributed by atoms with E-state index in [1.54, 1.807) is 0 Å². The first kappa shape index (κ1) is 14.6. The van der Waals surface area contributed by atoms with E-state index in [9.17, 15) is 9.59 Å². The molecule has 0 aromatic heterocycles. The molecule has 20 heavy (non-hydrogen) atoms. The lowest BCUT2D eigenvalue weighted by molar-refractivity contribution is -0.142. The van der Waals surface area contributed by atoms with Crippen molar-refractivity contribution in [1.82, 2.24) is 4.90 Å². The molecule has 1 unspecified atom stereocenters. The highest BCUT2D eigenvalue weighted by molar-refractivity contribution is 5.94. The van der Waals surface area contributed by atoms with Gasteiger partial charge in [0.15, 0.2) is 0 Å². The van der Waals surface area contributed by atoms with Gasteiger partial charge in [0, 0.05) is 18.2 Å². The lowest BCUT2D eigenvalue weighted by Gasteiger charge is -2.35. The van der Waals surface area contributed by atoms with Crippen LogP contribution in [-0.4, -0.2) is 36.5 Å². The van der Waals surface area contributed by atoms with Crippen LogP contribution in [0.4, 0.5) is 0 Å². The Morgan fingerprint density at radius 1 is 1.25 bits per heavy atom. The molecule has 0 saturated carbocycles. The fraction of sp³-hybridized carbons (Fsp3) is 0.500. The third kappa shape index (κ3) is 3.38. The largest absolute Gasteiger partial charge is 0.469 e. The molecule has 1 atom stereocenters. The minimum atomic E-state index is -0.251. The summed E-state index contributed by atoms with van der Waals surface area (Å²) in [7, 11) is 1.39. The smallest absolute Gasteiger partial charge is 0.307 e. The van der Waals surface area contributed by atoms with Crippen molar-refractivity contribution in [2.75, 3.05) is 13.7 Å². The zero-order valence-corrected chi connectivity index (χ0v) is 12.1. The number of hydrogen-bond acceptors (Lipinski definition) is 3. The second-order valence-electron chi connectivity index (χ2n) is 5.29. The molecule has 1 aromatic carbocycles. The fourth-order valence-electron chi connectivity index (χ4n) is 2.62. The maximum Gasteiger partial charge on any atom is 0.307 e. The molecule has 4 nitrogen and oxygen atoms in total. The van der Waals surface area contributed by atoms with E-state index >= 15 is 0 Å². The van der Waals surface area contributed by atoms with Crippen LogP contribution < -0.4 is 0 Å². The minimum absolute atomic E-state index is 0.0126. The van der Waals surface area contributed by atoms with Crippen LogP contribution in [0.15, 0.2) is 24.3 Å². The van der Waals surface area contributed by atoms with E-state index in [2.05, 4.69) is 0 Å². The fourth-order valence-corrected chi connectivity index (χ4v) is 2.62. The molecule has 0 radical (unpaired) electrons. The van der Waals surface area contributed by atoms with Crippen LogP contribution in [0.3, 0.4) is 0 Å². The van der Waals surface area contributed by atoms with Gasteiger partial charge in [-0.2, -0.15) is 0 Å². The number of ether oxygens (including phenoxy) is 1. The van der Waals surface area contributed by atoms with Crippen molar-refractivity contribution in [3.63, 3.8) is 0 Å². The SMILES string of the molecule is COC(=O)CC1CCCCN1C(=O)c1ccc(C)cc1. The zero-order chi connectivity index (χ0) is 14.5. The second kappa shape index (κ2) is 6.55.